The van der Waals surface area contributed by atoms with Gasteiger partial charge in [0, 0.05) is 17.8 Å². The second-order valence-corrected chi connectivity index (χ2v) is 6.16. The van der Waals surface area contributed by atoms with E-state index in [1.54, 1.807) is 17.7 Å². The highest BCUT2D eigenvalue weighted by molar-refractivity contribution is 7.10. The minimum atomic E-state index is -0.0392. The van der Waals surface area contributed by atoms with Crippen molar-refractivity contribution in [3.8, 4) is 0 Å². The van der Waals surface area contributed by atoms with Crippen LogP contribution in [0.3, 0.4) is 0 Å². The first kappa shape index (κ1) is 14.5. The molecule has 0 aliphatic heterocycles. The van der Waals surface area contributed by atoms with E-state index in [4.69, 9.17) is 17.4 Å². The summed E-state index contributed by atoms with van der Waals surface area (Å²) in [4.78, 5) is 5.35. The number of thiophene rings is 1. The number of hydrogen-bond acceptors (Lipinski definition) is 5. The van der Waals surface area contributed by atoms with Gasteiger partial charge in [-0.15, -0.1) is 11.3 Å². The van der Waals surface area contributed by atoms with Crippen molar-refractivity contribution in [3.05, 3.63) is 33.5 Å². The summed E-state index contributed by atoms with van der Waals surface area (Å²) >= 11 is 7.74. The van der Waals surface area contributed by atoms with Crippen LogP contribution >= 0.6 is 22.9 Å². The zero-order valence-corrected chi connectivity index (χ0v) is 12.6. The molecule has 1 unspecified atom stereocenters. The van der Waals surface area contributed by atoms with Crippen LogP contribution in [0, 0.1) is 5.92 Å². The SMILES string of the molecule is CC(C)Cn1ncnc1CC(NN)c1sccc1Cl. The lowest BCUT2D eigenvalue weighted by Crippen LogP contribution is -2.30. The molecule has 0 radical (unpaired) electrons. The molecule has 0 saturated carbocycles. The number of nitrogens with one attached hydrogen (secondary N) is 1. The van der Waals surface area contributed by atoms with Crippen LogP contribution in [0.2, 0.25) is 5.02 Å². The first-order chi connectivity index (χ1) is 9.11. The number of nitrogens with two attached hydrogens (primary N) is 1. The van der Waals surface area contributed by atoms with Crippen LogP contribution in [0.15, 0.2) is 17.8 Å². The van der Waals surface area contributed by atoms with Gasteiger partial charge < -0.3 is 0 Å². The minimum Gasteiger partial charge on any atom is -0.271 e. The van der Waals surface area contributed by atoms with E-state index in [2.05, 4.69) is 29.4 Å². The van der Waals surface area contributed by atoms with E-state index in [1.807, 2.05) is 16.1 Å². The topological polar surface area (TPSA) is 68.8 Å². The first-order valence-corrected chi connectivity index (χ1v) is 7.43. The normalized spacial score (nSPS) is 13.1. The number of halogens is 1. The summed E-state index contributed by atoms with van der Waals surface area (Å²) in [6.07, 6.45) is 2.25. The Morgan fingerprint density at radius 1 is 1.53 bits per heavy atom. The Hall–Kier alpha value is -0.950. The standard InChI is InChI=1S/C12H18ClN5S/c1-8(2)6-18-11(15-7-16-18)5-10(17-14)12-9(13)3-4-19-12/h3-4,7-8,10,17H,5-6,14H2,1-2H3. The van der Waals surface area contributed by atoms with Gasteiger partial charge >= 0.3 is 0 Å². The number of hydrogen-bond donors (Lipinski definition) is 2. The molecule has 0 aliphatic carbocycles. The summed E-state index contributed by atoms with van der Waals surface area (Å²) in [7, 11) is 0. The molecule has 0 bridgehead atoms. The summed E-state index contributed by atoms with van der Waals surface area (Å²) in [5, 5.41) is 6.95. The van der Waals surface area contributed by atoms with Crippen LogP contribution in [0.5, 0.6) is 0 Å². The van der Waals surface area contributed by atoms with Gasteiger partial charge in [0.05, 0.1) is 11.1 Å². The fourth-order valence-corrected chi connectivity index (χ4v) is 3.16. The van der Waals surface area contributed by atoms with E-state index in [9.17, 15) is 0 Å². The highest BCUT2D eigenvalue weighted by Gasteiger charge is 2.18. The second kappa shape index (κ2) is 6.47. The van der Waals surface area contributed by atoms with Crippen LogP contribution in [0.4, 0.5) is 0 Å². The molecule has 1 atom stereocenters. The minimum absolute atomic E-state index is 0.0392. The van der Waals surface area contributed by atoms with Crippen molar-refractivity contribution in [1.29, 1.82) is 0 Å². The molecule has 5 nitrogen and oxygen atoms in total. The molecule has 7 heteroatoms. The van der Waals surface area contributed by atoms with E-state index < -0.39 is 0 Å². The molecule has 2 heterocycles. The fraction of sp³-hybridized carbons (Fsp3) is 0.500. The van der Waals surface area contributed by atoms with Crippen molar-refractivity contribution in [2.75, 3.05) is 0 Å². The molecule has 0 spiro atoms. The monoisotopic (exact) mass is 299 g/mol. The fourth-order valence-electron chi connectivity index (χ4n) is 1.91. The molecular weight excluding hydrogens is 282 g/mol. The van der Waals surface area contributed by atoms with Crippen LogP contribution in [0.25, 0.3) is 0 Å². The van der Waals surface area contributed by atoms with Crippen LogP contribution in [0.1, 0.15) is 30.6 Å². The third-order valence-corrected chi connectivity index (χ3v) is 4.26. The third-order valence-electron chi connectivity index (χ3n) is 2.78. The zero-order valence-electron chi connectivity index (χ0n) is 11.0. The Labute approximate surface area is 121 Å². The third kappa shape index (κ3) is 3.54. The van der Waals surface area contributed by atoms with Gasteiger partial charge in [0.25, 0.3) is 0 Å². The van der Waals surface area contributed by atoms with Gasteiger partial charge in [-0.3, -0.25) is 11.3 Å². The van der Waals surface area contributed by atoms with Gasteiger partial charge in [-0.2, -0.15) is 5.10 Å². The van der Waals surface area contributed by atoms with Crippen molar-refractivity contribution < 1.29 is 0 Å². The van der Waals surface area contributed by atoms with E-state index in [0.717, 1.165) is 22.3 Å². The smallest absolute Gasteiger partial charge is 0.138 e. The van der Waals surface area contributed by atoms with Crippen molar-refractivity contribution in [1.82, 2.24) is 20.2 Å². The molecule has 2 rings (SSSR count). The lowest BCUT2D eigenvalue weighted by Gasteiger charge is -2.15. The molecule has 19 heavy (non-hydrogen) atoms. The molecule has 0 aromatic carbocycles. The number of aromatic nitrogens is 3. The lowest BCUT2D eigenvalue weighted by atomic mass is 10.1. The first-order valence-electron chi connectivity index (χ1n) is 6.17. The van der Waals surface area contributed by atoms with Gasteiger partial charge in [0.15, 0.2) is 0 Å². The molecule has 2 aromatic rings. The average Bonchev–Trinajstić information content (AvgIpc) is 2.95. The zero-order chi connectivity index (χ0) is 13.8. The number of hydrazine groups is 1. The molecule has 3 N–H and O–H groups in total. The van der Waals surface area contributed by atoms with Crippen LogP contribution < -0.4 is 11.3 Å². The van der Waals surface area contributed by atoms with Crippen LogP contribution in [-0.2, 0) is 13.0 Å². The van der Waals surface area contributed by atoms with Crippen molar-refractivity contribution in [2.45, 2.75) is 32.9 Å². The average molecular weight is 300 g/mol. The largest absolute Gasteiger partial charge is 0.271 e. The second-order valence-electron chi connectivity index (χ2n) is 4.81. The Morgan fingerprint density at radius 3 is 2.89 bits per heavy atom. The Bertz CT molecular complexity index is 522. The van der Waals surface area contributed by atoms with E-state index >= 15 is 0 Å². The summed E-state index contributed by atoms with van der Waals surface area (Å²) in [6, 6.07) is 1.84. The van der Waals surface area contributed by atoms with Gasteiger partial charge in [-0.1, -0.05) is 25.4 Å². The molecule has 0 aliphatic rings. The Balaban J connectivity index is 2.15. The van der Waals surface area contributed by atoms with Crippen LogP contribution in [-0.4, -0.2) is 14.8 Å². The van der Waals surface area contributed by atoms with Crippen molar-refractivity contribution >= 4 is 22.9 Å². The quantitative estimate of drug-likeness (QED) is 0.635. The highest BCUT2D eigenvalue weighted by Crippen LogP contribution is 2.30. The van der Waals surface area contributed by atoms with Gasteiger partial charge in [-0.05, 0) is 17.4 Å². The highest BCUT2D eigenvalue weighted by atomic mass is 35.5. The maximum atomic E-state index is 6.15. The summed E-state index contributed by atoms with van der Waals surface area (Å²) in [6.45, 7) is 5.16. The number of nitrogens with zero attached hydrogens (tertiary/aromatic N) is 3. The maximum Gasteiger partial charge on any atom is 0.138 e. The van der Waals surface area contributed by atoms with Crippen molar-refractivity contribution in [2.24, 2.45) is 11.8 Å². The van der Waals surface area contributed by atoms with Gasteiger partial charge in [0.2, 0.25) is 0 Å². The summed E-state index contributed by atoms with van der Waals surface area (Å²) < 4.78 is 1.93. The van der Waals surface area contributed by atoms with Gasteiger partial charge in [0.1, 0.15) is 12.2 Å². The molecule has 104 valence electrons. The molecule has 0 fully saturated rings. The molecule has 0 saturated heterocycles. The Kier molecular flexibility index (Phi) is 4.93. The number of rotatable bonds is 6. The van der Waals surface area contributed by atoms with E-state index in [0.29, 0.717) is 12.3 Å². The van der Waals surface area contributed by atoms with Gasteiger partial charge in [-0.25, -0.2) is 9.67 Å². The lowest BCUT2D eigenvalue weighted by molar-refractivity contribution is 0.448. The predicted molar refractivity (Wildman–Crippen MR) is 78.0 cm³/mol. The molecule has 0 amide bonds. The molecule has 2 aromatic heterocycles. The summed E-state index contributed by atoms with van der Waals surface area (Å²) in [5.41, 5.74) is 2.81. The van der Waals surface area contributed by atoms with Crippen molar-refractivity contribution in [3.63, 3.8) is 0 Å². The predicted octanol–water partition coefficient (Wildman–Crippen LogP) is 2.40. The molecular formula is C12H18ClN5S. The maximum absolute atomic E-state index is 6.15. The van der Waals surface area contributed by atoms with E-state index in [1.165, 1.54) is 0 Å². The van der Waals surface area contributed by atoms with E-state index in [-0.39, 0.29) is 6.04 Å². The Morgan fingerprint density at radius 2 is 2.32 bits per heavy atom. The summed E-state index contributed by atoms with van der Waals surface area (Å²) in [5.74, 6) is 7.08.